The van der Waals surface area contributed by atoms with Crippen LogP contribution in [0.2, 0.25) is 5.02 Å². The minimum Gasteiger partial charge on any atom is -0.356 e. The number of nitrogens with one attached hydrogen (secondary N) is 2. The molecule has 0 saturated heterocycles. The number of hydrogen-bond acceptors (Lipinski definition) is 3. The Morgan fingerprint density at radius 1 is 1.12 bits per heavy atom. The van der Waals surface area contributed by atoms with Gasteiger partial charge in [0, 0.05) is 37.8 Å². The molecular weight excluding hydrogens is 463 g/mol. The van der Waals surface area contributed by atoms with E-state index in [9.17, 15) is 0 Å². The molecule has 2 aromatic heterocycles. The number of halogens is 2. The van der Waals surface area contributed by atoms with Gasteiger partial charge < -0.3 is 10.6 Å². The molecule has 0 amide bonds. The average molecular weight is 485 g/mol. The molecule has 26 heavy (non-hydrogen) atoms. The fourth-order valence-electron chi connectivity index (χ4n) is 2.52. The van der Waals surface area contributed by atoms with Crippen molar-refractivity contribution in [3.8, 4) is 0 Å². The molecule has 0 radical (unpaired) electrons. The lowest BCUT2D eigenvalue weighted by molar-refractivity contribution is 0.714. The molecule has 3 aromatic rings. The van der Waals surface area contributed by atoms with Crippen LogP contribution in [0, 0.1) is 0 Å². The van der Waals surface area contributed by atoms with Crippen molar-refractivity contribution in [2.24, 2.45) is 4.99 Å². The highest BCUT2D eigenvalue weighted by Crippen LogP contribution is 2.09. The van der Waals surface area contributed by atoms with Crippen LogP contribution in [-0.2, 0) is 13.0 Å². The fourth-order valence-corrected chi connectivity index (χ4v) is 2.65. The molecule has 1 aromatic carbocycles. The first-order chi connectivity index (χ1) is 12.3. The Hall–Kier alpha value is -1.87. The van der Waals surface area contributed by atoms with Gasteiger partial charge in [0.1, 0.15) is 5.82 Å². The Labute approximate surface area is 175 Å². The van der Waals surface area contributed by atoms with Gasteiger partial charge >= 0.3 is 0 Å². The van der Waals surface area contributed by atoms with Crippen molar-refractivity contribution in [3.05, 3.63) is 65.1 Å². The highest BCUT2D eigenvalue weighted by Gasteiger charge is 2.04. The normalized spacial score (nSPS) is 11.2. The molecular formula is C18H22ClIN6. The van der Waals surface area contributed by atoms with Crippen LogP contribution in [0.25, 0.3) is 5.65 Å². The lowest BCUT2D eigenvalue weighted by atomic mass is 10.2. The summed E-state index contributed by atoms with van der Waals surface area (Å²) in [5.74, 6) is 1.75. The van der Waals surface area contributed by atoms with Crippen LogP contribution in [0.4, 0.5) is 0 Å². The summed E-state index contributed by atoms with van der Waals surface area (Å²) >= 11 is 5.90. The van der Waals surface area contributed by atoms with Crippen LogP contribution in [0.5, 0.6) is 0 Å². The number of fused-ring (bicyclic) bond motifs is 1. The quantitative estimate of drug-likeness (QED) is 0.244. The van der Waals surface area contributed by atoms with Crippen LogP contribution in [0.3, 0.4) is 0 Å². The number of hydrogen-bond donors (Lipinski definition) is 2. The summed E-state index contributed by atoms with van der Waals surface area (Å²) in [4.78, 5) is 4.24. The number of guanidine groups is 1. The maximum absolute atomic E-state index is 5.90. The Morgan fingerprint density at radius 2 is 1.92 bits per heavy atom. The summed E-state index contributed by atoms with van der Waals surface area (Å²) in [6.45, 7) is 1.51. The Morgan fingerprint density at radius 3 is 2.69 bits per heavy atom. The third-order valence-corrected chi connectivity index (χ3v) is 4.10. The first-order valence-electron chi connectivity index (χ1n) is 8.24. The molecule has 3 rings (SSSR count). The lowest BCUT2D eigenvalue weighted by Crippen LogP contribution is -2.37. The monoisotopic (exact) mass is 484 g/mol. The van der Waals surface area contributed by atoms with Gasteiger partial charge in [-0.2, -0.15) is 0 Å². The predicted octanol–water partition coefficient (Wildman–Crippen LogP) is 3.30. The topological polar surface area (TPSA) is 66.6 Å². The van der Waals surface area contributed by atoms with E-state index in [2.05, 4.69) is 25.8 Å². The maximum atomic E-state index is 5.90. The average Bonchev–Trinajstić information content (AvgIpc) is 3.06. The summed E-state index contributed by atoms with van der Waals surface area (Å²) in [5, 5.41) is 15.8. The van der Waals surface area contributed by atoms with E-state index in [4.69, 9.17) is 11.6 Å². The maximum Gasteiger partial charge on any atom is 0.191 e. The van der Waals surface area contributed by atoms with Crippen molar-refractivity contribution in [3.63, 3.8) is 0 Å². The van der Waals surface area contributed by atoms with Gasteiger partial charge in [-0.15, -0.1) is 34.2 Å². The first-order valence-corrected chi connectivity index (χ1v) is 8.61. The summed E-state index contributed by atoms with van der Waals surface area (Å²) < 4.78 is 2.02. The molecule has 138 valence electrons. The first kappa shape index (κ1) is 20.4. The third kappa shape index (κ3) is 5.57. The summed E-state index contributed by atoms with van der Waals surface area (Å²) in [6.07, 6.45) is 3.79. The zero-order valence-electron chi connectivity index (χ0n) is 14.5. The van der Waals surface area contributed by atoms with Crippen molar-refractivity contribution in [2.75, 3.05) is 13.6 Å². The molecule has 0 fully saturated rings. The molecule has 0 aliphatic carbocycles. The summed E-state index contributed by atoms with van der Waals surface area (Å²) in [7, 11) is 1.77. The minimum absolute atomic E-state index is 0. The van der Waals surface area contributed by atoms with E-state index in [-0.39, 0.29) is 24.0 Å². The number of pyridine rings is 1. The Balaban J connectivity index is 0.00000243. The molecule has 0 saturated carbocycles. The fraction of sp³-hybridized carbons (Fsp3) is 0.278. The number of nitrogens with zero attached hydrogens (tertiary/aromatic N) is 4. The van der Waals surface area contributed by atoms with Crippen molar-refractivity contribution < 1.29 is 0 Å². The number of aryl methyl sites for hydroxylation is 1. The molecule has 0 unspecified atom stereocenters. The summed E-state index contributed by atoms with van der Waals surface area (Å²) in [6, 6.07) is 13.7. The van der Waals surface area contributed by atoms with E-state index in [1.54, 1.807) is 7.05 Å². The second-order valence-electron chi connectivity index (χ2n) is 5.63. The van der Waals surface area contributed by atoms with Gasteiger partial charge in [-0.25, -0.2) is 0 Å². The second kappa shape index (κ2) is 10.3. The number of aliphatic imine (C=N–C) groups is 1. The molecule has 0 bridgehead atoms. The van der Waals surface area contributed by atoms with E-state index < -0.39 is 0 Å². The minimum atomic E-state index is 0. The molecule has 0 aliphatic rings. The molecule has 6 nitrogen and oxygen atoms in total. The molecule has 0 spiro atoms. The van der Waals surface area contributed by atoms with Gasteiger partial charge in [0.25, 0.3) is 0 Å². The predicted molar refractivity (Wildman–Crippen MR) is 116 cm³/mol. The van der Waals surface area contributed by atoms with E-state index >= 15 is 0 Å². The van der Waals surface area contributed by atoms with Crippen LogP contribution >= 0.6 is 35.6 Å². The Bertz CT molecular complexity index is 846. The van der Waals surface area contributed by atoms with Crippen LogP contribution in [-0.4, -0.2) is 34.2 Å². The van der Waals surface area contributed by atoms with Gasteiger partial charge in [-0.05, 0) is 36.2 Å². The standard InChI is InChI=1S/C18H21ClN6.HI/c1-20-18(22-13-14-7-9-15(19)10-8-14)21-11-4-6-17-24-23-16-5-2-3-12-25(16)17;/h2-3,5,7-10,12H,4,6,11,13H2,1H3,(H2,20,21,22);1H. The highest BCUT2D eigenvalue weighted by atomic mass is 127. The van der Waals surface area contributed by atoms with Gasteiger partial charge in [-0.3, -0.25) is 9.39 Å². The van der Waals surface area contributed by atoms with Gasteiger partial charge in [0.05, 0.1) is 0 Å². The smallest absolute Gasteiger partial charge is 0.191 e. The molecule has 0 atom stereocenters. The van der Waals surface area contributed by atoms with Gasteiger partial charge in [0.15, 0.2) is 11.6 Å². The summed E-state index contributed by atoms with van der Waals surface area (Å²) in [5.41, 5.74) is 2.04. The number of rotatable bonds is 6. The van der Waals surface area contributed by atoms with E-state index in [0.717, 1.165) is 47.4 Å². The molecule has 2 heterocycles. The van der Waals surface area contributed by atoms with E-state index in [1.165, 1.54) is 0 Å². The van der Waals surface area contributed by atoms with Crippen LogP contribution < -0.4 is 10.6 Å². The second-order valence-corrected chi connectivity index (χ2v) is 6.06. The molecule has 8 heteroatoms. The molecule has 2 N–H and O–H groups in total. The third-order valence-electron chi connectivity index (χ3n) is 3.85. The van der Waals surface area contributed by atoms with Crippen molar-refractivity contribution in [2.45, 2.75) is 19.4 Å². The van der Waals surface area contributed by atoms with Crippen LogP contribution in [0.1, 0.15) is 17.8 Å². The van der Waals surface area contributed by atoms with E-state index in [0.29, 0.717) is 6.54 Å². The van der Waals surface area contributed by atoms with Crippen molar-refractivity contribution >= 4 is 47.2 Å². The van der Waals surface area contributed by atoms with Gasteiger partial charge in [-0.1, -0.05) is 29.8 Å². The van der Waals surface area contributed by atoms with Crippen LogP contribution in [0.15, 0.2) is 53.7 Å². The highest BCUT2D eigenvalue weighted by molar-refractivity contribution is 14.0. The zero-order chi connectivity index (χ0) is 17.5. The van der Waals surface area contributed by atoms with E-state index in [1.807, 2.05) is 53.1 Å². The zero-order valence-corrected chi connectivity index (χ0v) is 17.6. The Kier molecular flexibility index (Phi) is 8.11. The lowest BCUT2D eigenvalue weighted by Gasteiger charge is -2.11. The van der Waals surface area contributed by atoms with Crippen molar-refractivity contribution in [1.82, 2.24) is 25.2 Å². The largest absolute Gasteiger partial charge is 0.356 e. The molecule has 0 aliphatic heterocycles. The van der Waals surface area contributed by atoms with Crippen molar-refractivity contribution in [1.29, 1.82) is 0 Å². The van der Waals surface area contributed by atoms with Gasteiger partial charge in [0.2, 0.25) is 0 Å². The number of benzene rings is 1. The SMILES string of the molecule is CN=C(NCCCc1nnc2ccccn12)NCc1ccc(Cl)cc1.I. The number of aromatic nitrogens is 3.